The molecule has 0 saturated carbocycles. The normalized spacial score (nSPS) is 12.4. The van der Waals surface area contributed by atoms with Gasteiger partial charge in [0, 0.05) is 19.3 Å². The average molecular weight is 289 g/mol. The Morgan fingerprint density at radius 2 is 1.94 bits per heavy atom. The fraction of sp³-hybridized carbons (Fsp3) is 0.400. The molecule has 0 N–H and O–H groups in total. The number of aromatic nitrogens is 3. The summed E-state index contributed by atoms with van der Waals surface area (Å²) in [5, 5.41) is 7.61. The smallest absolute Gasteiger partial charge is 0.244 e. The van der Waals surface area contributed by atoms with E-state index in [-0.39, 0.29) is 10.2 Å². The van der Waals surface area contributed by atoms with Crippen LogP contribution in [0.25, 0.3) is 5.65 Å². The monoisotopic (exact) mass is 288 g/mol. The highest BCUT2D eigenvalue weighted by Crippen LogP contribution is 2.18. The number of halogens is 1. The van der Waals surface area contributed by atoms with Crippen LogP contribution in [0.5, 0.6) is 0 Å². The standard InChI is InChI=1S/C10H13ClN4O2S/c1-3-14(4-2)18(16,17)8-5-6-9-12-13-10(11)15(9)7-8/h5-7H,3-4H2,1-2H3. The first-order valence-corrected chi connectivity index (χ1v) is 7.33. The molecule has 0 atom stereocenters. The highest BCUT2D eigenvalue weighted by atomic mass is 35.5. The Labute approximate surface area is 110 Å². The zero-order valence-corrected chi connectivity index (χ0v) is 11.6. The summed E-state index contributed by atoms with van der Waals surface area (Å²) in [6.45, 7) is 4.44. The van der Waals surface area contributed by atoms with Crippen molar-refractivity contribution < 1.29 is 8.42 Å². The maximum atomic E-state index is 12.3. The van der Waals surface area contributed by atoms with Gasteiger partial charge < -0.3 is 0 Å². The molecule has 0 aliphatic carbocycles. The molecule has 2 aromatic heterocycles. The zero-order chi connectivity index (χ0) is 13.3. The highest BCUT2D eigenvalue weighted by molar-refractivity contribution is 7.89. The Balaban J connectivity index is 2.57. The van der Waals surface area contributed by atoms with Crippen LogP contribution >= 0.6 is 11.6 Å². The minimum absolute atomic E-state index is 0.140. The lowest BCUT2D eigenvalue weighted by molar-refractivity contribution is 0.445. The minimum atomic E-state index is -3.49. The van der Waals surface area contributed by atoms with Gasteiger partial charge in [0.05, 0.1) is 4.90 Å². The Kier molecular flexibility index (Phi) is 3.56. The lowest BCUT2D eigenvalue weighted by Gasteiger charge is -2.18. The second kappa shape index (κ2) is 4.83. The van der Waals surface area contributed by atoms with Crippen molar-refractivity contribution in [3.05, 3.63) is 23.6 Å². The van der Waals surface area contributed by atoms with E-state index in [9.17, 15) is 8.42 Å². The molecule has 0 amide bonds. The van der Waals surface area contributed by atoms with Crippen LogP contribution in [-0.2, 0) is 10.0 Å². The van der Waals surface area contributed by atoms with Gasteiger partial charge in [-0.1, -0.05) is 13.8 Å². The van der Waals surface area contributed by atoms with Gasteiger partial charge in [-0.25, -0.2) is 8.42 Å². The molecule has 6 nitrogen and oxygen atoms in total. The third kappa shape index (κ3) is 2.09. The number of hydrogen-bond acceptors (Lipinski definition) is 4. The van der Waals surface area contributed by atoms with Crippen molar-refractivity contribution in [2.24, 2.45) is 0 Å². The number of pyridine rings is 1. The van der Waals surface area contributed by atoms with Gasteiger partial charge in [0.25, 0.3) is 0 Å². The van der Waals surface area contributed by atoms with Crippen molar-refractivity contribution in [3.8, 4) is 0 Å². The molecule has 18 heavy (non-hydrogen) atoms. The summed E-state index contributed by atoms with van der Waals surface area (Å²) in [6, 6.07) is 3.09. The first-order chi connectivity index (χ1) is 8.50. The minimum Gasteiger partial charge on any atom is -0.272 e. The molecule has 2 rings (SSSR count). The lowest BCUT2D eigenvalue weighted by atomic mass is 10.5. The van der Waals surface area contributed by atoms with E-state index in [1.165, 1.54) is 21.0 Å². The van der Waals surface area contributed by atoms with Crippen molar-refractivity contribution in [1.82, 2.24) is 18.9 Å². The van der Waals surface area contributed by atoms with Gasteiger partial charge in [0.15, 0.2) is 5.65 Å². The first kappa shape index (κ1) is 13.3. The Bertz CT molecular complexity index is 664. The quantitative estimate of drug-likeness (QED) is 0.853. The van der Waals surface area contributed by atoms with Gasteiger partial charge in [0.2, 0.25) is 15.3 Å². The molecular formula is C10H13ClN4O2S. The van der Waals surface area contributed by atoms with E-state index in [4.69, 9.17) is 11.6 Å². The van der Waals surface area contributed by atoms with Crippen LogP contribution in [0.1, 0.15) is 13.8 Å². The van der Waals surface area contributed by atoms with E-state index in [0.717, 1.165) is 0 Å². The summed E-state index contributed by atoms with van der Waals surface area (Å²) in [5.41, 5.74) is 0.512. The zero-order valence-electron chi connectivity index (χ0n) is 10.0. The van der Waals surface area contributed by atoms with Gasteiger partial charge in [-0.3, -0.25) is 4.40 Å². The van der Waals surface area contributed by atoms with Crippen molar-refractivity contribution in [1.29, 1.82) is 0 Å². The summed E-state index contributed by atoms with van der Waals surface area (Å²) in [7, 11) is -3.49. The van der Waals surface area contributed by atoms with E-state index in [1.807, 2.05) is 0 Å². The molecular weight excluding hydrogens is 276 g/mol. The Morgan fingerprint density at radius 3 is 2.56 bits per heavy atom. The molecule has 0 spiro atoms. The number of nitrogens with zero attached hydrogens (tertiary/aromatic N) is 4. The van der Waals surface area contributed by atoms with Gasteiger partial charge in [-0.05, 0) is 23.7 Å². The van der Waals surface area contributed by atoms with Gasteiger partial charge >= 0.3 is 0 Å². The first-order valence-electron chi connectivity index (χ1n) is 5.51. The fourth-order valence-electron chi connectivity index (χ4n) is 1.71. The van der Waals surface area contributed by atoms with Gasteiger partial charge in [-0.15, -0.1) is 10.2 Å². The molecule has 8 heteroatoms. The van der Waals surface area contributed by atoms with Crippen LogP contribution in [0, 0.1) is 0 Å². The number of rotatable bonds is 4. The molecule has 2 heterocycles. The second-order valence-electron chi connectivity index (χ2n) is 3.65. The second-order valence-corrected chi connectivity index (χ2v) is 5.93. The number of hydrogen-bond donors (Lipinski definition) is 0. The summed E-state index contributed by atoms with van der Waals surface area (Å²) < 4.78 is 27.4. The molecule has 2 aromatic rings. The maximum Gasteiger partial charge on any atom is 0.244 e. The average Bonchev–Trinajstić information content (AvgIpc) is 2.72. The molecule has 0 radical (unpaired) electrons. The predicted molar refractivity (Wildman–Crippen MR) is 68.1 cm³/mol. The molecule has 0 aliphatic heterocycles. The van der Waals surface area contributed by atoms with E-state index in [0.29, 0.717) is 18.7 Å². The van der Waals surface area contributed by atoms with Crippen molar-refractivity contribution in [2.45, 2.75) is 18.7 Å². The topological polar surface area (TPSA) is 67.6 Å². The largest absolute Gasteiger partial charge is 0.272 e. The summed E-state index contributed by atoms with van der Waals surface area (Å²) >= 11 is 5.82. The van der Waals surface area contributed by atoms with E-state index in [1.54, 1.807) is 19.9 Å². The van der Waals surface area contributed by atoms with Crippen molar-refractivity contribution >= 4 is 27.3 Å². The van der Waals surface area contributed by atoms with Crippen LogP contribution in [0.2, 0.25) is 5.28 Å². The Hall–Kier alpha value is -1.18. The van der Waals surface area contributed by atoms with Crippen LogP contribution < -0.4 is 0 Å². The van der Waals surface area contributed by atoms with Crippen LogP contribution in [0.4, 0.5) is 0 Å². The lowest BCUT2D eigenvalue weighted by Crippen LogP contribution is -2.30. The van der Waals surface area contributed by atoms with E-state index in [2.05, 4.69) is 10.2 Å². The summed E-state index contributed by atoms with van der Waals surface area (Å²) in [6.07, 6.45) is 1.44. The molecule has 0 fully saturated rings. The summed E-state index contributed by atoms with van der Waals surface area (Å²) in [5.74, 6) is 0. The maximum absolute atomic E-state index is 12.3. The van der Waals surface area contributed by atoms with E-state index < -0.39 is 10.0 Å². The SMILES string of the molecule is CCN(CC)S(=O)(=O)c1ccc2nnc(Cl)n2c1. The molecule has 0 bridgehead atoms. The van der Waals surface area contributed by atoms with Crippen molar-refractivity contribution in [2.75, 3.05) is 13.1 Å². The van der Waals surface area contributed by atoms with Crippen LogP contribution in [0.15, 0.2) is 23.2 Å². The van der Waals surface area contributed by atoms with Crippen LogP contribution in [0.3, 0.4) is 0 Å². The highest BCUT2D eigenvalue weighted by Gasteiger charge is 2.22. The number of fused-ring (bicyclic) bond motifs is 1. The fourth-order valence-corrected chi connectivity index (χ4v) is 3.34. The molecule has 98 valence electrons. The van der Waals surface area contributed by atoms with Crippen LogP contribution in [-0.4, -0.2) is 40.4 Å². The third-order valence-corrected chi connectivity index (χ3v) is 4.97. The van der Waals surface area contributed by atoms with E-state index >= 15 is 0 Å². The molecule has 0 aromatic carbocycles. The Morgan fingerprint density at radius 1 is 1.28 bits per heavy atom. The molecule has 0 saturated heterocycles. The van der Waals surface area contributed by atoms with Gasteiger partial charge in [-0.2, -0.15) is 4.31 Å². The van der Waals surface area contributed by atoms with Gasteiger partial charge in [0.1, 0.15) is 0 Å². The molecule has 0 aliphatic rings. The van der Waals surface area contributed by atoms with Crippen molar-refractivity contribution in [3.63, 3.8) is 0 Å². The number of sulfonamides is 1. The summed E-state index contributed by atoms with van der Waals surface area (Å²) in [4.78, 5) is 0.181. The third-order valence-electron chi connectivity index (χ3n) is 2.68. The molecule has 0 unspecified atom stereocenters. The predicted octanol–water partition coefficient (Wildman–Crippen LogP) is 1.41.